The third-order valence-electron chi connectivity index (χ3n) is 4.36. The molecule has 1 aromatic heterocycles. The number of carbonyl (C=O) groups is 2. The average Bonchev–Trinajstić information content (AvgIpc) is 2.81. The van der Waals surface area contributed by atoms with Gasteiger partial charge in [-0.05, 0) is 43.0 Å². The Labute approximate surface area is 133 Å². The molecular formula is C17H19FN2O3. The molecule has 1 aliphatic heterocycles. The number of halogens is 1. The summed E-state index contributed by atoms with van der Waals surface area (Å²) in [6.45, 7) is 0.611. The highest BCUT2D eigenvalue weighted by atomic mass is 19.1. The maximum Gasteiger partial charge on any atom is 0.325 e. The number of hydrogen-bond acceptors (Lipinski definition) is 3. The van der Waals surface area contributed by atoms with Gasteiger partial charge in [-0.2, -0.15) is 0 Å². The second-order valence-electron chi connectivity index (χ2n) is 5.83. The number of ether oxygens (including phenoxy) is 1. The summed E-state index contributed by atoms with van der Waals surface area (Å²) in [7, 11) is 3.06. The van der Waals surface area contributed by atoms with Gasteiger partial charge in [-0.3, -0.25) is 9.59 Å². The number of aryl methyl sites for hydroxylation is 1. The Kier molecular flexibility index (Phi) is 4.07. The number of nitrogens with zero attached hydrogens (tertiary/aromatic N) is 2. The van der Waals surface area contributed by atoms with Gasteiger partial charge in [0.2, 0.25) is 0 Å². The molecule has 0 N–H and O–H groups in total. The number of carbonyl (C=O) groups excluding carboxylic acids is 2. The number of fused-ring (bicyclic) bond motifs is 3. The highest BCUT2D eigenvalue weighted by Crippen LogP contribution is 2.30. The van der Waals surface area contributed by atoms with E-state index in [1.807, 2.05) is 0 Å². The molecule has 23 heavy (non-hydrogen) atoms. The fourth-order valence-corrected chi connectivity index (χ4v) is 3.18. The van der Waals surface area contributed by atoms with E-state index < -0.39 is 5.97 Å². The SMILES string of the molecule is COC(=O)Cn1c2c(c3cc(F)ccc31)CCCCN(C)C2=O. The van der Waals surface area contributed by atoms with Crippen molar-refractivity contribution in [1.82, 2.24) is 9.47 Å². The first kappa shape index (κ1) is 15.5. The number of aromatic nitrogens is 1. The molecule has 6 heteroatoms. The van der Waals surface area contributed by atoms with Gasteiger partial charge in [0, 0.05) is 24.5 Å². The lowest BCUT2D eigenvalue weighted by molar-refractivity contribution is -0.141. The van der Waals surface area contributed by atoms with E-state index in [0.29, 0.717) is 29.6 Å². The summed E-state index contributed by atoms with van der Waals surface area (Å²) in [6.07, 6.45) is 2.52. The van der Waals surface area contributed by atoms with Crippen LogP contribution in [-0.2, 0) is 22.5 Å². The van der Waals surface area contributed by atoms with Crippen LogP contribution in [0, 0.1) is 5.82 Å². The minimum atomic E-state index is -0.438. The van der Waals surface area contributed by atoms with E-state index in [1.54, 1.807) is 22.6 Å². The number of rotatable bonds is 2. The fourth-order valence-electron chi connectivity index (χ4n) is 3.18. The molecule has 0 aliphatic carbocycles. The maximum absolute atomic E-state index is 13.7. The van der Waals surface area contributed by atoms with Gasteiger partial charge < -0.3 is 14.2 Å². The van der Waals surface area contributed by atoms with Crippen molar-refractivity contribution >= 4 is 22.8 Å². The monoisotopic (exact) mass is 318 g/mol. The quantitative estimate of drug-likeness (QED) is 0.799. The van der Waals surface area contributed by atoms with E-state index in [0.717, 1.165) is 18.4 Å². The lowest BCUT2D eigenvalue weighted by Gasteiger charge is -2.22. The van der Waals surface area contributed by atoms with E-state index in [1.165, 1.54) is 19.2 Å². The Morgan fingerprint density at radius 1 is 1.35 bits per heavy atom. The minimum absolute atomic E-state index is 0.0620. The first-order chi connectivity index (χ1) is 11.0. The molecule has 0 saturated carbocycles. The zero-order valence-corrected chi connectivity index (χ0v) is 13.3. The van der Waals surface area contributed by atoms with Crippen molar-refractivity contribution in [2.45, 2.75) is 25.8 Å². The Bertz CT molecular complexity index is 782. The number of amides is 1. The summed E-state index contributed by atoms with van der Waals surface area (Å²) < 4.78 is 20.1. The van der Waals surface area contributed by atoms with Crippen LogP contribution >= 0.6 is 0 Å². The molecule has 3 rings (SSSR count). The van der Waals surface area contributed by atoms with Gasteiger partial charge in [0.15, 0.2) is 0 Å². The summed E-state index contributed by atoms with van der Waals surface area (Å²) in [5.74, 6) is -0.926. The Hall–Kier alpha value is -2.37. The van der Waals surface area contributed by atoms with Crippen LogP contribution in [0.25, 0.3) is 10.9 Å². The molecule has 0 radical (unpaired) electrons. The van der Waals surface area contributed by atoms with Crippen LogP contribution in [0.15, 0.2) is 18.2 Å². The zero-order valence-electron chi connectivity index (χ0n) is 13.3. The van der Waals surface area contributed by atoms with E-state index in [-0.39, 0.29) is 18.3 Å². The Morgan fingerprint density at radius 2 is 2.13 bits per heavy atom. The molecule has 0 atom stereocenters. The van der Waals surface area contributed by atoms with E-state index in [9.17, 15) is 14.0 Å². The summed E-state index contributed by atoms with van der Waals surface area (Å²) in [5, 5.41) is 0.701. The number of esters is 1. The largest absolute Gasteiger partial charge is 0.468 e. The highest BCUT2D eigenvalue weighted by molar-refractivity contribution is 6.02. The predicted molar refractivity (Wildman–Crippen MR) is 83.8 cm³/mol. The van der Waals surface area contributed by atoms with Gasteiger partial charge in [0.1, 0.15) is 18.1 Å². The van der Waals surface area contributed by atoms with E-state index in [4.69, 9.17) is 4.74 Å². The zero-order chi connectivity index (χ0) is 16.6. The van der Waals surface area contributed by atoms with Gasteiger partial charge in [0.25, 0.3) is 5.91 Å². The van der Waals surface area contributed by atoms with Crippen LogP contribution in [0.4, 0.5) is 4.39 Å². The molecule has 0 saturated heterocycles. The van der Waals surface area contributed by atoms with Crippen LogP contribution < -0.4 is 0 Å². The summed E-state index contributed by atoms with van der Waals surface area (Å²) in [5.41, 5.74) is 1.98. The van der Waals surface area contributed by atoms with Gasteiger partial charge in [-0.1, -0.05) is 0 Å². The molecule has 0 bridgehead atoms. The molecule has 0 spiro atoms. The molecule has 0 fully saturated rings. The van der Waals surface area contributed by atoms with Crippen LogP contribution in [0.3, 0.4) is 0 Å². The minimum Gasteiger partial charge on any atom is -0.468 e. The number of hydrogen-bond donors (Lipinski definition) is 0. The molecule has 1 amide bonds. The van der Waals surface area contributed by atoms with Crippen LogP contribution in [-0.4, -0.2) is 42.0 Å². The molecule has 1 aliphatic rings. The molecule has 5 nitrogen and oxygen atoms in total. The third kappa shape index (κ3) is 2.69. The summed E-state index contributed by atoms with van der Waals surface area (Å²) in [6, 6.07) is 4.40. The molecule has 1 aromatic carbocycles. The summed E-state index contributed by atoms with van der Waals surface area (Å²) >= 11 is 0. The fraction of sp³-hybridized carbons (Fsp3) is 0.412. The van der Waals surface area contributed by atoms with Gasteiger partial charge in [-0.25, -0.2) is 4.39 Å². The molecular weight excluding hydrogens is 299 g/mol. The smallest absolute Gasteiger partial charge is 0.325 e. The molecule has 2 aromatic rings. The van der Waals surface area contributed by atoms with E-state index >= 15 is 0 Å². The van der Waals surface area contributed by atoms with Crippen molar-refractivity contribution in [3.05, 3.63) is 35.3 Å². The second kappa shape index (κ2) is 6.02. The first-order valence-corrected chi connectivity index (χ1v) is 7.66. The van der Waals surface area contributed by atoms with Crippen molar-refractivity contribution in [1.29, 1.82) is 0 Å². The van der Waals surface area contributed by atoms with Crippen LogP contribution in [0.1, 0.15) is 28.9 Å². The number of benzene rings is 1. The average molecular weight is 318 g/mol. The second-order valence-corrected chi connectivity index (χ2v) is 5.83. The number of methoxy groups -OCH3 is 1. The van der Waals surface area contributed by atoms with Gasteiger partial charge in [-0.15, -0.1) is 0 Å². The van der Waals surface area contributed by atoms with Gasteiger partial charge >= 0.3 is 5.97 Å². The van der Waals surface area contributed by atoms with Crippen molar-refractivity contribution in [2.75, 3.05) is 20.7 Å². The molecule has 0 unspecified atom stereocenters. The third-order valence-corrected chi connectivity index (χ3v) is 4.36. The predicted octanol–water partition coefficient (Wildman–Crippen LogP) is 2.36. The normalized spacial score (nSPS) is 15.3. The Balaban J connectivity index is 2.28. The van der Waals surface area contributed by atoms with Gasteiger partial charge in [0.05, 0.1) is 7.11 Å². The topological polar surface area (TPSA) is 51.5 Å². The Morgan fingerprint density at radius 3 is 2.87 bits per heavy atom. The van der Waals surface area contributed by atoms with E-state index in [2.05, 4.69) is 0 Å². The van der Waals surface area contributed by atoms with Crippen LogP contribution in [0.5, 0.6) is 0 Å². The standard InChI is InChI=1S/C17H19FN2O3/c1-19-8-4-3-5-12-13-9-11(18)6-7-14(13)20(10-15(21)23-2)16(12)17(19)22/h6-7,9H,3-5,8,10H2,1-2H3. The maximum atomic E-state index is 13.7. The lowest BCUT2D eigenvalue weighted by atomic mass is 10.0. The first-order valence-electron chi connectivity index (χ1n) is 7.66. The van der Waals surface area contributed by atoms with Crippen molar-refractivity contribution in [3.63, 3.8) is 0 Å². The van der Waals surface area contributed by atoms with Crippen molar-refractivity contribution in [2.24, 2.45) is 0 Å². The lowest BCUT2D eigenvalue weighted by Crippen LogP contribution is -2.32. The molecule has 122 valence electrons. The van der Waals surface area contributed by atoms with Crippen LogP contribution in [0.2, 0.25) is 0 Å². The van der Waals surface area contributed by atoms with Crippen molar-refractivity contribution in [3.8, 4) is 0 Å². The highest BCUT2D eigenvalue weighted by Gasteiger charge is 2.27. The van der Waals surface area contributed by atoms with Crippen molar-refractivity contribution < 1.29 is 18.7 Å². The summed E-state index contributed by atoms with van der Waals surface area (Å²) in [4.78, 5) is 26.2. The molecule has 2 heterocycles.